The van der Waals surface area contributed by atoms with Gasteiger partial charge in [0.2, 0.25) is 11.8 Å². The number of hydrogen-bond acceptors (Lipinski definition) is 5. The first-order chi connectivity index (χ1) is 15.4. The van der Waals surface area contributed by atoms with E-state index in [-0.39, 0.29) is 18.2 Å². The van der Waals surface area contributed by atoms with Gasteiger partial charge in [-0.3, -0.25) is 14.5 Å². The van der Waals surface area contributed by atoms with Crippen molar-refractivity contribution in [1.82, 2.24) is 9.80 Å². The molecule has 0 aromatic heterocycles. The average molecular weight is 437 g/mol. The van der Waals surface area contributed by atoms with E-state index < -0.39 is 5.92 Å². The van der Waals surface area contributed by atoms with Crippen molar-refractivity contribution in [1.29, 1.82) is 0 Å². The Morgan fingerprint density at radius 2 is 1.91 bits per heavy atom. The van der Waals surface area contributed by atoms with Crippen LogP contribution in [0.25, 0.3) is 0 Å². The van der Waals surface area contributed by atoms with Crippen LogP contribution in [0.5, 0.6) is 5.75 Å². The second-order valence-corrected chi connectivity index (χ2v) is 8.85. The highest BCUT2D eigenvalue weighted by Gasteiger charge is 2.36. The van der Waals surface area contributed by atoms with Gasteiger partial charge in [0.15, 0.2) is 0 Å². The third-order valence-electron chi connectivity index (χ3n) is 6.32. The number of likely N-dealkylation sites (N-methyl/N-ethyl adjacent to an activating group) is 1. The Hall–Kier alpha value is -2.90. The maximum Gasteiger partial charge on any atom is 0.229 e. The highest BCUT2D eigenvalue weighted by molar-refractivity contribution is 6.04. The molecule has 2 aromatic carbocycles. The highest BCUT2D eigenvalue weighted by atomic mass is 16.5. The third-order valence-corrected chi connectivity index (χ3v) is 6.32. The summed E-state index contributed by atoms with van der Waals surface area (Å²) in [6, 6.07) is 13.7. The van der Waals surface area contributed by atoms with E-state index in [9.17, 15) is 9.59 Å². The molecule has 2 aliphatic rings. The summed E-state index contributed by atoms with van der Waals surface area (Å²) in [6.07, 6.45) is 0.198. The maximum absolute atomic E-state index is 13.0. The van der Waals surface area contributed by atoms with Crippen molar-refractivity contribution in [2.24, 2.45) is 5.92 Å². The number of ether oxygens (including phenoxy) is 1. The van der Waals surface area contributed by atoms with Gasteiger partial charge in [-0.05, 0) is 49.4 Å². The Kier molecular flexibility index (Phi) is 6.77. The van der Waals surface area contributed by atoms with Crippen molar-refractivity contribution in [2.45, 2.75) is 19.9 Å². The molecule has 0 spiro atoms. The Bertz CT molecular complexity index is 985. The topological polar surface area (TPSA) is 65.1 Å². The van der Waals surface area contributed by atoms with Crippen LogP contribution in [0.3, 0.4) is 0 Å². The second-order valence-electron chi connectivity index (χ2n) is 8.85. The molecule has 0 saturated carbocycles. The molecule has 2 aliphatic heterocycles. The molecule has 2 heterocycles. The van der Waals surface area contributed by atoms with E-state index in [1.165, 1.54) is 5.56 Å². The number of carbonyl (C=O) groups is 2. The van der Waals surface area contributed by atoms with Gasteiger partial charge in [0, 0.05) is 51.4 Å². The smallest absolute Gasteiger partial charge is 0.229 e. The van der Waals surface area contributed by atoms with Crippen molar-refractivity contribution in [2.75, 3.05) is 57.1 Å². The minimum atomic E-state index is -0.394. The van der Waals surface area contributed by atoms with E-state index in [1.807, 2.05) is 43.3 Å². The minimum Gasteiger partial charge on any atom is -0.495 e. The SMILES string of the molecule is COc1ccc(C)cc1N1CC(C(=O)Nc2cccc(CN3CCN(C)CC3)c2)CC1=O. The third kappa shape index (κ3) is 5.11. The summed E-state index contributed by atoms with van der Waals surface area (Å²) in [5.74, 6) is 0.0673. The number of carbonyl (C=O) groups excluding carboxylic acids is 2. The van der Waals surface area contributed by atoms with Crippen LogP contribution in [-0.2, 0) is 16.1 Å². The second kappa shape index (κ2) is 9.71. The Morgan fingerprint density at radius 3 is 2.66 bits per heavy atom. The lowest BCUT2D eigenvalue weighted by atomic mass is 10.1. The number of aryl methyl sites for hydroxylation is 1. The predicted molar refractivity (Wildman–Crippen MR) is 126 cm³/mol. The number of hydrogen-bond donors (Lipinski definition) is 1. The van der Waals surface area contributed by atoms with Gasteiger partial charge < -0.3 is 19.9 Å². The number of amides is 2. The number of benzene rings is 2. The van der Waals surface area contributed by atoms with Crippen LogP contribution in [-0.4, -0.2) is 68.5 Å². The van der Waals surface area contributed by atoms with Crippen LogP contribution < -0.4 is 15.0 Å². The molecular weight excluding hydrogens is 404 g/mol. The van der Waals surface area contributed by atoms with Crippen molar-refractivity contribution in [3.8, 4) is 5.75 Å². The molecule has 2 fully saturated rings. The van der Waals surface area contributed by atoms with Gasteiger partial charge in [0.25, 0.3) is 0 Å². The summed E-state index contributed by atoms with van der Waals surface area (Å²) < 4.78 is 5.43. The van der Waals surface area contributed by atoms with Gasteiger partial charge in [-0.25, -0.2) is 0 Å². The summed E-state index contributed by atoms with van der Waals surface area (Å²) in [6.45, 7) is 7.46. The van der Waals surface area contributed by atoms with Crippen LogP contribution in [0, 0.1) is 12.8 Å². The van der Waals surface area contributed by atoms with E-state index in [1.54, 1.807) is 12.0 Å². The normalized spacial score (nSPS) is 19.9. The number of nitrogens with zero attached hydrogens (tertiary/aromatic N) is 3. The molecule has 7 heteroatoms. The monoisotopic (exact) mass is 436 g/mol. The van der Waals surface area contributed by atoms with E-state index in [2.05, 4.69) is 28.2 Å². The summed E-state index contributed by atoms with van der Waals surface area (Å²) >= 11 is 0. The lowest BCUT2D eigenvalue weighted by Crippen LogP contribution is -2.43. The molecule has 0 aliphatic carbocycles. The van der Waals surface area contributed by atoms with E-state index >= 15 is 0 Å². The number of piperazine rings is 1. The first kappa shape index (κ1) is 22.3. The molecule has 4 rings (SSSR count). The van der Waals surface area contributed by atoms with Crippen LogP contribution >= 0.6 is 0 Å². The number of nitrogens with one attached hydrogen (secondary N) is 1. The van der Waals surface area contributed by atoms with E-state index in [4.69, 9.17) is 4.74 Å². The highest BCUT2D eigenvalue weighted by Crippen LogP contribution is 2.34. The largest absolute Gasteiger partial charge is 0.495 e. The lowest BCUT2D eigenvalue weighted by Gasteiger charge is -2.32. The first-order valence-electron chi connectivity index (χ1n) is 11.2. The number of methoxy groups -OCH3 is 1. The van der Waals surface area contributed by atoms with E-state index in [0.717, 1.165) is 49.7 Å². The van der Waals surface area contributed by atoms with Gasteiger partial charge >= 0.3 is 0 Å². The molecule has 1 atom stereocenters. The fourth-order valence-electron chi connectivity index (χ4n) is 4.38. The summed E-state index contributed by atoms with van der Waals surface area (Å²) in [7, 11) is 3.74. The minimum absolute atomic E-state index is 0.0575. The Balaban J connectivity index is 1.39. The zero-order valence-electron chi connectivity index (χ0n) is 19.1. The fraction of sp³-hybridized carbons (Fsp3) is 0.440. The molecule has 0 bridgehead atoms. The molecule has 32 heavy (non-hydrogen) atoms. The molecule has 2 amide bonds. The zero-order valence-corrected chi connectivity index (χ0v) is 19.1. The first-order valence-corrected chi connectivity index (χ1v) is 11.2. The van der Waals surface area contributed by atoms with Gasteiger partial charge in [-0.2, -0.15) is 0 Å². The molecule has 2 aromatic rings. The van der Waals surface area contributed by atoms with Gasteiger partial charge in [-0.15, -0.1) is 0 Å². The molecule has 1 unspecified atom stereocenters. The van der Waals surface area contributed by atoms with Gasteiger partial charge in [-0.1, -0.05) is 18.2 Å². The number of rotatable bonds is 6. The van der Waals surface area contributed by atoms with Gasteiger partial charge in [0.1, 0.15) is 5.75 Å². The summed E-state index contributed by atoms with van der Waals surface area (Å²) in [4.78, 5) is 32.1. The molecule has 1 N–H and O–H groups in total. The predicted octanol–water partition coefficient (Wildman–Crippen LogP) is 2.74. The van der Waals surface area contributed by atoms with Crippen LogP contribution in [0.2, 0.25) is 0 Å². The molecule has 7 nitrogen and oxygen atoms in total. The molecule has 0 radical (unpaired) electrons. The molecule has 2 saturated heterocycles. The van der Waals surface area contributed by atoms with Crippen molar-refractivity contribution < 1.29 is 14.3 Å². The van der Waals surface area contributed by atoms with Gasteiger partial charge in [0.05, 0.1) is 18.7 Å². The number of anilines is 2. The van der Waals surface area contributed by atoms with Crippen LogP contribution in [0.1, 0.15) is 17.5 Å². The quantitative estimate of drug-likeness (QED) is 0.754. The Labute approximate surface area is 189 Å². The molecule has 170 valence electrons. The average Bonchev–Trinajstić information content (AvgIpc) is 3.17. The van der Waals surface area contributed by atoms with E-state index in [0.29, 0.717) is 12.3 Å². The standard InChI is InChI=1S/C25H32N4O3/c1-18-7-8-23(32-3)22(13-18)29-17-20(15-24(29)30)25(31)26-21-6-4-5-19(14-21)16-28-11-9-27(2)10-12-28/h4-8,13-14,20H,9-12,15-17H2,1-3H3,(H,26,31). The zero-order chi connectivity index (χ0) is 22.7. The van der Waals surface area contributed by atoms with Crippen molar-refractivity contribution in [3.05, 3.63) is 53.6 Å². The maximum atomic E-state index is 13.0. The van der Waals surface area contributed by atoms with Crippen LogP contribution in [0.15, 0.2) is 42.5 Å². The summed E-state index contributed by atoms with van der Waals surface area (Å²) in [5.41, 5.74) is 3.72. The Morgan fingerprint density at radius 1 is 1.12 bits per heavy atom. The summed E-state index contributed by atoms with van der Waals surface area (Å²) in [5, 5.41) is 3.03. The lowest BCUT2D eigenvalue weighted by molar-refractivity contribution is -0.122. The molecular formula is C25H32N4O3. The fourth-order valence-corrected chi connectivity index (χ4v) is 4.38. The van der Waals surface area contributed by atoms with Crippen LogP contribution in [0.4, 0.5) is 11.4 Å². The van der Waals surface area contributed by atoms with Crippen molar-refractivity contribution in [3.63, 3.8) is 0 Å². The van der Waals surface area contributed by atoms with Crippen molar-refractivity contribution >= 4 is 23.2 Å².